The Balaban J connectivity index is 1.90. The Labute approximate surface area is 131 Å². The third-order valence-electron chi connectivity index (χ3n) is 4.65. The fraction of sp³-hybridized carbons (Fsp3) is 0.235. The molecular weight excluding hydrogens is 300 g/mol. The second-order valence-corrected chi connectivity index (χ2v) is 5.96. The van der Waals surface area contributed by atoms with Crippen LogP contribution in [-0.2, 0) is 9.53 Å². The van der Waals surface area contributed by atoms with Crippen LogP contribution in [0.2, 0.25) is 0 Å². The van der Waals surface area contributed by atoms with Gasteiger partial charge in [-0.3, -0.25) is 4.79 Å². The number of hydrogen-bond donors (Lipinski definition) is 4. The van der Waals surface area contributed by atoms with E-state index in [4.69, 9.17) is 4.74 Å². The first kappa shape index (κ1) is 13.8. The SMILES string of the molecule is O=C1C[C@H]2c3cc(O)c(O)cc3[C@H](c3ccc(O)c(O)c3)[C@H]2O1. The number of rotatable bonds is 1. The molecule has 1 aliphatic carbocycles. The minimum Gasteiger partial charge on any atom is -0.504 e. The molecule has 0 amide bonds. The first-order chi connectivity index (χ1) is 11.0. The monoisotopic (exact) mass is 314 g/mol. The molecule has 6 heteroatoms. The predicted molar refractivity (Wildman–Crippen MR) is 78.6 cm³/mol. The lowest BCUT2D eigenvalue weighted by molar-refractivity contribution is -0.141. The molecule has 0 aromatic heterocycles. The fourth-order valence-corrected chi connectivity index (χ4v) is 3.64. The molecule has 118 valence electrons. The van der Waals surface area contributed by atoms with Gasteiger partial charge in [0, 0.05) is 11.8 Å². The molecule has 1 saturated heterocycles. The Hall–Kier alpha value is -2.89. The normalized spacial score (nSPS) is 25.0. The van der Waals surface area contributed by atoms with E-state index < -0.39 is 6.10 Å². The number of ether oxygens (including phenoxy) is 1. The molecule has 4 rings (SSSR count). The summed E-state index contributed by atoms with van der Waals surface area (Å²) in [5.41, 5.74) is 2.16. The van der Waals surface area contributed by atoms with Crippen LogP contribution in [0.25, 0.3) is 0 Å². The van der Waals surface area contributed by atoms with Crippen molar-refractivity contribution in [2.24, 2.45) is 0 Å². The standard InChI is InChI=1S/C17H14O6/c18-11-2-1-7(3-12(11)19)16-9-5-14(21)13(20)4-8(9)10-6-15(22)23-17(10)16/h1-5,10,16-21H,6H2/t10-,16-,17-/m0/s1. The summed E-state index contributed by atoms with van der Waals surface area (Å²) in [4.78, 5) is 11.7. The van der Waals surface area contributed by atoms with E-state index in [1.54, 1.807) is 6.07 Å². The highest BCUT2D eigenvalue weighted by atomic mass is 16.6. The second-order valence-electron chi connectivity index (χ2n) is 5.96. The maximum atomic E-state index is 11.7. The smallest absolute Gasteiger partial charge is 0.306 e. The number of carbonyl (C=O) groups is 1. The number of esters is 1. The molecule has 4 N–H and O–H groups in total. The van der Waals surface area contributed by atoms with E-state index in [9.17, 15) is 25.2 Å². The lowest BCUT2D eigenvalue weighted by Crippen LogP contribution is -2.17. The number of phenols is 4. The number of carbonyl (C=O) groups excluding carboxylic acids is 1. The lowest BCUT2D eigenvalue weighted by Gasteiger charge is -2.19. The largest absolute Gasteiger partial charge is 0.504 e. The van der Waals surface area contributed by atoms with Crippen molar-refractivity contribution in [3.63, 3.8) is 0 Å². The van der Waals surface area contributed by atoms with Crippen molar-refractivity contribution < 1.29 is 30.0 Å². The molecular formula is C17H14O6. The summed E-state index contributed by atoms with van der Waals surface area (Å²) >= 11 is 0. The highest BCUT2D eigenvalue weighted by Crippen LogP contribution is 2.54. The Morgan fingerprint density at radius 3 is 2.22 bits per heavy atom. The molecule has 2 aromatic carbocycles. The Morgan fingerprint density at radius 2 is 1.52 bits per heavy atom. The first-order valence-electron chi connectivity index (χ1n) is 7.23. The minimum absolute atomic E-state index is 0.204. The quantitative estimate of drug-likeness (QED) is 0.474. The summed E-state index contributed by atoms with van der Waals surface area (Å²) in [6, 6.07) is 7.36. The maximum absolute atomic E-state index is 11.7. The van der Waals surface area contributed by atoms with Crippen LogP contribution in [-0.4, -0.2) is 32.5 Å². The average Bonchev–Trinajstić information content (AvgIpc) is 2.99. The fourth-order valence-electron chi connectivity index (χ4n) is 3.64. The Morgan fingerprint density at radius 1 is 0.870 bits per heavy atom. The summed E-state index contributed by atoms with van der Waals surface area (Å²) in [6.45, 7) is 0. The van der Waals surface area contributed by atoms with E-state index in [1.807, 2.05) is 0 Å². The van der Waals surface area contributed by atoms with Gasteiger partial charge in [0.05, 0.1) is 6.42 Å². The zero-order chi connectivity index (χ0) is 16.3. The molecule has 0 bridgehead atoms. The van der Waals surface area contributed by atoms with Gasteiger partial charge >= 0.3 is 5.97 Å². The number of aromatic hydroxyl groups is 4. The second kappa shape index (κ2) is 4.55. The van der Waals surface area contributed by atoms with E-state index in [2.05, 4.69) is 0 Å². The van der Waals surface area contributed by atoms with E-state index in [-0.39, 0.29) is 47.2 Å². The van der Waals surface area contributed by atoms with Gasteiger partial charge in [-0.05, 0) is 41.0 Å². The van der Waals surface area contributed by atoms with Crippen LogP contribution in [0.1, 0.15) is 34.9 Å². The van der Waals surface area contributed by atoms with Gasteiger partial charge in [-0.2, -0.15) is 0 Å². The minimum atomic E-state index is -0.456. The maximum Gasteiger partial charge on any atom is 0.306 e. The summed E-state index contributed by atoms with van der Waals surface area (Å²) in [5.74, 6) is -1.88. The molecule has 0 saturated carbocycles. The van der Waals surface area contributed by atoms with Crippen LogP contribution < -0.4 is 0 Å². The van der Waals surface area contributed by atoms with Crippen LogP contribution in [0.15, 0.2) is 30.3 Å². The number of benzene rings is 2. The molecule has 1 fully saturated rings. The highest BCUT2D eigenvalue weighted by molar-refractivity contribution is 5.76. The van der Waals surface area contributed by atoms with Crippen LogP contribution in [0, 0.1) is 0 Å². The van der Waals surface area contributed by atoms with Crippen molar-refractivity contribution in [2.45, 2.75) is 24.4 Å². The molecule has 0 radical (unpaired) electrons. The topological polar surface area (TPSA) is 107 Å². The Kier molecular flexibility index (Phi) is 2.72. The third kappa shape index (κ3) is 1.91. The zero-order valence-corrected chi connectivity index (χ0v) is 11.9. The third-order valence-corrected chi connectivity index (χ3v) is 4.65. The average molecular weight is 314 g/mol. The van der Waals surface area contributed by atoms with Crippen molar-refractivity contribution in [3.05, 3.63) is 47.0 Å². The molecule has 0 unspecified atom stereocenters. The molecule has 1 aliphatic heterocycles. The molecule has 23 heavy (non-hydrogen) atoms. The van der Waals surface area contributed by atoms with Gasteiger partial charge in [0.1, 0.15) is 6.10 Å². The van der Waals surface area contributed by atoms with E-state index >= 15 is 0 Å². The molecule has 2 aliphatic rings. The zero-order valence-electron chi connectivity index (χ0n) is 11.9. The number of phenolic OH excluding ortho intramolecular Hbond substituents is 4. The van der Waals surface area contributed by atoms with Crippen molar-refractivity contribution in [1.29, 1.82) is 0 Å². The van der Waals surface area contributed by atoms with E-state index in [1.165, 1.54) is 24.3 Å². The van der Waals surface area contributed by atoms with Crippen molar-refractivity contribution in [2.75, 3.05) is 0 Å². The van der Waals surface area contributed by atoms with Crippen molar-refractivity contribution in [1.82, 2.24) is 0 Å². The van der Waals surface area contributed by atoms with Crippen molar-refractivity contribution in [3.8, 4) is 23.0 Å². The lowest BCUT2D eigenvalue weighted by atomic mass is 9.90. The predicted octanol–water partition coefficient (Wildman–Crippen LogP) is 2.05. The Bertz CT molecular complexity index is 828. The van der Waals surface area contributed by atoms with Crippen molar-refractivity contribution >= 4 is 5.97 Å². The first-order valence-corrected chi connectivity index (χ1v) is 7.23. The van der Waals surface area contributed by atoms with Gasteiger partial charge < -0.3 is 25.2 Å². The van der Waals surface area contributed by atoms with Gasteiger partial charge in [0.15, 0.2) is 23.0 Å². The van der Waals surface area contributed by atoms with Crippen LogP contribution in [0.3, 0.4) is 0 Å². The van der Waals surface area contributed by atoms with Gasteiger partial charge in [-0.1, -0.05) is 6.07 Å². The summed E-state index contributed by atoms with van der Waals surface area (Å²) in [7, 11) is 0. The number of fused-ring (bicyclic) bond motifs is 3. The molecule has 2 aromatic rings. The van der Waals surface area contributed by atoms with Gasteiger partial charge in [-0.25, -0.2) is 0 Å². The summed E-state index contributed by atoms with van der Waals surface area (Å²) in [5, 5.41) is 38.8. The molecule has 0 spiro atoms. The molecule has 1 heterocycles. The summed E-state index contributed by atoms with van der Waals surface area (Å²) in [6.07, 6.45) is -0.245. The van der Waals surface area contributed by atoms with Gasteiger partial charge in [0.2, 0.25) is 0 Å². The summed E-state index contributed by atoms with van der Waals surface area (Å²) < 4.78 is 5.44. The number of hydrogen-bond acceptors (Lipinski definition) is 6. The van der Waals surface area contributed by atoms with Gasteiger partial charge in [0.25, 0.3) is 0 Å². The highest BCUT2D eigenvalue weighted by Gasteiger charge is 2.49. The van der Waals surface area contributed by atoms with E-state index in [0.29, 0.717) is 5.56 Å². The van der Waals surface area contributed by atoms with Gasteiger partial charge in [-0.15, -0.1) is 0 Å². The van der Waals surface area contributed by atoms with Crippen LogP contribution in [0.5, 0.6) is 23.0 Å². The van der Waals surface area contributed by atoms with E-state index in [0.717, 1.165) is 11.1 Å². The molecule has 6 nitrogen and oxygen atoms in total. The van der Waals surface area contributed by atoms with Crippen LogP contribution >= 0.6 is 0 Å². The van der Waals surface area contributed by atoms with Crippen LogP contribution in [0.4, 0.5) is 0 Å². The molecule has 3 atom stereocenters.